The van der Waals surface area contributed by atoms with Crippen LogP contribution in [-0.2, 0) is 14.3 Å². The zero-order valence-electron chi connectivity index (χ0n) is 16.9. The Bertz CT molecular complexity index is 1130. The number of esters is 1. The molecule has 2 rings (SSSR count). The van der Waals surface area contributed by atoms with Crippen molar-refractivity contribution in [3.63, 3.8) is 0 Å². The van der Waals surface area contributed by atoms with Crippen molar-refractivity contribution in [1.82, 2.24) is 4.31 Å². The molecule has 1 N–H and O–H groups in total. The SMILES string of the molecule is C#CC(=O)Nc1cc(OC)c(OSN(C(=O)C#C)C(=O)c2ccccc2)cc1C(=O)OC. The molecule has 10 heteroatoms. The van der Waals surface area contributed by atoms with Crippen LogP contribution in [0.1, 0.15) is 20.7 Å². The number of anilines is 1. The summed E-state index contributed by atoms with van der Waals surface area (Å²) >= 11 is 0.332. The minimum absolute atomic E-state index is 0.00548. The highest BCUT2D eigenvalue weighted by atomic mass is 32.2. The van der Waals surface area contributed by atoms with E-state index in [1.165, 1.54) is 31.4 Å². The molecule has 0 spiro atoms. The molecule has 0 aliphatic rings. The summed E-state index contributed by atoms with van der Waals surface area (Å²) in [5.74, 6) is 0.397. The quantitative estimate of drug-likeness (QED) is 0.295. The first kappa shape index (κ1) is 23.9. The molecule has 0 aromatic heterocycles. The van der Waals surface area contributed by atoms with Gasteiger partial charge in [-0.3, -0.25) is 14.4 Å². The summed E-state index contributed by atoms with van der Waals surface area (Å²) in [6.45, 7) is 0. The summed E-state index contributed by atoms with van der Waals surface area (Å²) < 4.78 is 16.0. The molecular formula is C22H16N2O7S. The molecule has 0 aliphatic carbocycles. The Morgan fingerprint density at radius 3 is 2.25 bits per heavy atom. The van der Waals surface area contributed by atoms with Gasteiger partial charge in [0, 0.05) is 17.7 Å². The van der Waals surface area contributed by atoms with Gasteiger partial charge in [-0.1, -0.05) is 18.2 Å². The highest BCUT2D eigenvalue weighted by Gasteiger charge is 2.26. The van der Waals surface area contributed by atoms with Gasteiger partial charge in [-0.15, -0.1) is 12.8 Å². The zero-order valence-corrected chi connectivity index (χ0v) is 17.7. The molecule has 0 bridgehead atoms. The Kier molecular flexibility index (Phi) is 8.29. The van der Waals surface area contributed by atoms with Crippen LogP contribution in [0.2, 0.25) is 0 Å². The molecule has 0 atom stereocenters. The largest absolute Gasteiger partial charge is 0.493 e. The molecule has 0 heterocycles. The summed E-state index contributed by atoms with van der Waals surface area (Å²) in [6.07, 6.45) is 10.2. The van der Waals surface area contributed by atoms with Crippen molar-refractivity contribution in [2.75, 3.05) is 19.5 Å². The highest BCUT2D eigenvalue weighted by Crippen LogP contribution is 2.36. The molecule has 3 amide bonds. The van der Waals surface area contributed by atoms with E-state index in [-0.39, 0.29) is 28.3 Å². The lowest BCUT2D eigenvalue weighted by Gasteiger charge is -2.18. The molecule has 162 valence electrons. The zero-order chi connectivity index (χ0) is 23.7. The molecular weight excluding hydrogens is 436 g/mol. The second-order valence-electron chi connectivity index (χ2n) is 5.71. The number of nitrogens with zero attached hydrogens (tertiary/aromatic N) is 1. The van der Waals surface area contributed by atoms with Gasteiger partial charge in [0.2, 0.25) is 0 Å². The van der Waals surface area contributed by atoms with Crippen molar-refractivity contribution < 1.29 is 32.8 Å². The van der Waals surface area contributed by atoms with Gasteiger partial charge in [-0.05, 0) is 24.0 Å². The predicted octanol–water partition coefficient (Wildman–Crippen LogP) is 2.30. The van der Waals surface area contributed by atoms with Gasteiger partial charge in [0.05, 0.1) is 25.5 Å². The lowest BCUT2D eigenvalue weighted by Crippen LogP contribution is -2.30. The van der Waals surface area contributed by atoms with Crippen LogP contribution < -0.4 is 14.2 Å². The standard InChI is InChI=1S/C22H16N2O7S/c1-5-19(25)23-16-13-17(29-3)18(12-15(16)22(28)30-4)31-32-24(20(26)6-2)21(27)14-10-8-7-9-11-14/h1-2,7-13H,3-4H3,(H,23,25). The third-order valence-electron chi connectivity index (χ3n) is 3.80. The Morgan fingerprint density at radius 2 is 1.69 bits per heavy atom. The van der Waals surface area contributed by atoms with E-state index >= 15 is 0 Å². The minimum Gasteiger partial charge on any atom is -0.493 e. The van der Waals surface area contributed by atoms with E-state index in [1.807, 2.05) is 11.8 Å². The minimum atomic E-state index is -0.964. The van der Waals surface area contributed by atoms with Crippen LogP contribution >= 0.6 is 12.2 Å². The summed E-state index contributed by atoms with van der Waals surface area (Å²) in [4.78, 5) is 48.6. The number of carbonyl (C=O) groups is 4. The first-order valence-electron chi connectivity index (χ1n) is 8.68. The van der Waals surface area contributed by atoms with Crippen molar-refractivity contribution >= 4 is 41.6 Å². The summed E-state index contributed by atoms with van der Waals surface area (Å²) in [7, 11) is 2.44. The van der Waals surface area contributed by atoms with E-state index in [4.69, 9.17) is 26.5 Å². The number of terminal acetylenes is 2. The van der Waals surface area contributed by atoms with E-state index in [0.29, 0.717) is 16.5 Å². The lowest BCUT2D eigenvalue weighted by molar-refractivity contribution is -0.119. The maximum Gasteiger partial charge on any atom is 0.340 e. The molecule has 32 heavy (non-hydrogen) atoms. The Morgan fingerprint density at radius 1 is 1.00 bits per heavy atom. The van der Waals surface area contributed by atoms with Crippen LogP contribution in [-0.4, -0.2) is 42.2 Å². The number of rotatable bonds is 7. The molecule has 2 aromatic carbocycles. The van der Waals surface area contributed by atoms with E-state index < -0.39 is 23.7 Å². The molecule has 0 saturated carbocycles. The first-order valence-corrected chi connectivity index (χ1v) is 9.38. The molecule has 9 nitrogen and oxygen atoms in total. The smallest absolute Gasteiger partial charge is 0.340 e. The number of methoxy groups -OCH3 is 2. The average molecular weight is 452 g/mol. The topological polar surface area (TPSA) is 111 Å². The van der Waals surface area contributed by atoms with Crippen LogP contribution in [0.25, 0.3) is 0 Å². The van der Waals surface area contributed by atoms with Crippen molar-refractivity contribution in [3.05, 3.63) is 53.6 Å². The van der Waals surface area contributed by atoms with E-state index in [0.717, 1.165) is 7.11 Å². The maximum absolute atomic E-state index is 12.7. The number of nitrogens with one attached hydrogen (secondary N) is 1. The van der Waals surface area contributed by atoms with E-state index in [9.17, 15) is 19.2 Å². The molecule has 0 saturated heterocycles. The van der Waals surface area contributed by atoms with Crippen molar-refractivity contribution in [3.8, 4) is 36.2 Å². The normalized spacial score (nSPS) is 9.50. The highest BCUT2D eigenvalue weighted by molar-refractivity contribution is 7.93. The van der Waals surface area contributed by atoms with Gasteiger partial charge < -0.3 is 19.0 Å². The first-order chi connectivity index (χ1) is 15.4. The van der Waals surface area contributed by atoms with Crippen LogP contribution in [0.3, 0.4) is 0 Å². The predicted molar refractivity (Wildman–Crippen MR) is 116 cm³/mol. The van der Waals surface area contributed by atoms with Gasteiger partial charge in [0.25, 0.3) is 11.8 Å². The van der Waals surface area contributed by atoms with Crippen LogP contribution in [0.15, 0.2) is 42.5 Å². The van der Waals surface area contributed by atoms with Gasteiger partial charge in [0.1, 0.15) is 0 Å². The molecule has 0 radical (unpaired) electrons. The molecule has 0 fully saturated rings. The van der Waals surface area contributed by atoms with Crippen LogP contribution in [0.4, 0.5) is 5.69 Å². The van der Waals surface area contributed by atoms with Crippen molar-refractivity contribution in [1.29, 1.82) is 0 Å². The van der Waals surface area contributed by atoms with Gasteiger partial charge in [-0.2, -0.15) is 4.31 Å². The molecule has 0 aliphatic heterocycles. The van der Waals surface area contributed by atoms with E-state index in [2.05, 4.69) is 5.32 Å². The van der Waals surface area contributed by atoms with E-state index in [1.54, 1.807) is 18.2 Å². The number of imide groups is 1. The fraction of sp³-hybridized carbons (Fsp3) is 0.0909. The third-order valence-corrected chi connectivity index (χ3v) is 4.54. The number of amides is 3. The Labute approximate surface area is 188 Å². The second kappa shape index (κ2) is 11.1. The van der Waals surface area contributed by atoms with Gasteiger partial charge in [0.15, 0.2) is 23.7 Å². The Balaban J connectivity index is 2.40. The maximum atomic E-state index is 12.7. The number of ether oxygens (including phenoxy) is 2. The molecule has 0 unspecified atom stereocenters. The fourth-order valence-corrected chi connectivity index (χ4v) is 2.90. The van der Waals surface area contributed by atoms with Crippen molar-refractivity contribution in [2.45, 2.75) is 0 Å². The summed E-state index contributed by atoms with van der Waals surface area (Å²) in [5.41, 5.74) is 0.0874. The van der Waals surface area contributed by atoms with Gasteiger partial charge in [-0.25, -0.2) is 4.79 Å². The number of hydrogen-bond acceptors (Lipinski definition) is 8. The van der Waals surface area contributed by atoms with Gasteiger partial charge >= 0.3 is 11.9 Å². The number of hydrogen-bond donors (Lipinski definition) is 1. The monoisotopic (exact) mass is 452 g/mol. The van der Waals surface area contributed by atoms with Crippen LogP contribution in [0, 0.1) is 24.7 Å². The number of benzene rings is 2. The summed E-state index contributed by atoms with van der Waals surface area (Å²) in [6, 6.07) is 10.4. The summed E-state index contributed by atoms with van der Waals surface area (Å²) in [5, 5.41) is 2.35. The third kappa shape index (κ3) is 5.59. The van der Waals surface area contributed by atoms with Crippen LogP contribution in [0.5, 0.6) is 11.5 Å². The number of carbonyl (C=O) groups excluding carboxylic acids is 4. The fourth-order valence-electron chi connectivity index (χ4n) is 2.32. The Hall–Kier alpha value is -4.41. The van der Waals surface area contributed by atoms with Crippen molar-refractivity contribution in [2.24, 2.45) is 0 Å². The molecule has 2 aromatic rings. The lowest BCUT2D eigenvalue weighted by atomic mass is 10.1. The average Bonchev–Trinajstić information content (AvgIpc) is 2.83. The second-order valence-corrected chi connectivity index (χ2v) is 6.39.